The van der Waals surface area contributed by atoms with E-state index in [9.17, 15) is 4.79 Å². The minimum Gasteiger partial charge on any atom is -0.481 e. The number of hydrogen-bond acceptors (Lipinski definition) is 2. The second kappa shape index (κ2) is 5.67. The molecule has 1 saturated carbocycles. The molecular formula is C13H25NO2. The van der Waals surface area contributed by atoms with Crippen LogP contribution in [-0.4, -0.2) is 34.6 Å². The van der Waals surface area contributed by atoms with Crippen molar-refractivity contribution in [2.24, 2.45) is 5.92 Å². The zero-order chi connectivity index (χ0) is 12.2. The van der Waals surface area contributed by atoms with Crippen LogP contribution in [0.25, 0.3) is 0 Å². The quantitative estimate of drug-likeness (QED) is 0.758. The molecule has 3 heteroatoms. The minimum absolute atomic E-state index is 0.0595. The van der Waals surface area contributed by atoms with E-state index >= 15 is 0 Å². The summed E-state index contributed by atoms with van der Waals surface area (Å²) in [7, 11) is 0. The number of hydrogen-bond donors (Lipinski definition) is 1. The molecule has 1 aliphatic carbocycles. The lowest BCUT2D eigenvalue weighted by Crippen LogP contribution is -2.48. The molecule has 0 spiro atoms. The Kier molecular flexibility index (Phi) is 4.78. The summed E-state index contributed by atoms with van der Waals surface area (Å²) in [4.78, 5) is 13.4. The van der Waals surface area contributed by atoms with Crippen LogP contribution in [-0.2, 0) is 4.79 Å². The second-order valence-electron chi connectivity index (χ2n) is 4.98. The lowest BCUT2D eigenvalue weighted by Gasteiger charge is -2.39. The Morgan fingerprint density at radius 2 is 2.00 bits per heavy atom. The first-order valence-corrected chi connectivity index (χ1v) is 6.54. The van der Waals surface area contributed by atoms with Gasteiger partial charge in [-0.05, 0) is 38.3 Å². The molecule has 1 fully saturated rings. The second-order valence-corrected chi connectivity index (χ2v) is 4.98. The highest BCUT2D eigenvalue weighted by Gasteiger charge is 2.43. The van der Waals surface area contributed by atoms with E-state index in [0.717, 1.165) is 31.8 Å². The van der Waals surface area contributed by atoms with Gasteiger partial charge >= 0.3 is 5.97 Å². The average Bonchev–Trinajstić information content (AvgIpc) is 2.63. The molecular weight excluding hydrogens is 202 g/mol. The summed E-state index contributed by atoms with van der Waals surface area (Å²) in [6.45, 7) is 8.39. The molecule has 0 aromatic rings. The molecule has 0 amide bonds. The molecule has 0 aliphatic heterocycles. The highest BCUT2D eigenvalue weighted by Crippen LogP contribution is 2.42. The van der Waals surface area contributed by atoms with Gasteiger partial charge in [0.1, 0.15) is 0 Å². The van der Waals surface area contributed by atoms with Crippen LogP contribution in [0.1, 0.15) is 52.9 Å². The van der Waals surface area contributed by atoms with Crippen molar-refractivity contribution in [3.63, 3.8) is 0 Å². The molecule has 1 rings (SSSR count). The van der Waals surface area contributed by atoms with Gasteiger partial charge in [-0.3, -0.25) is 9.69 Å². The Hall–Kier alpha value is -0.570. The van der Waals surface area contributed by atoms with Gasteiger partial charge in [0.15, 0.2) is 0 Å². The maximum atomic E-state index is 11.1. The summed E-state index contributed by atoms with van der Waals surface area (Å²) in [5.41, 5.74) is -0.0595. The predicted molar refractivity (Wildman–Crippen MR) is 65.5 cm³/mol. The van der Waals surface area contributed by atoms with E-state index in [1.54, 1.807) is 0 Å². The van der Waals surface area contributed by atoms with Crippen molar-refractivity contribution in [2.75, 3.05) is 13.1 Å². The SMILES string of the molecule is CCC1CCC(CC(=O)O)(N(CC)CC)C1. The maximum Gasteiger partial charge on any atom is 0.305 e. The molecule has 3 nitrogen and oxygen atoms in total. The van der Waals surface area contributed by atoms with Crippen LogP contribution in [0.15, 0.2) is 0 Å². The van der Waals surface area contributed by atoms with E-state index < -0.39 is 5.97 Å². The summed E-state index contributed by atoms with van der Waals surface area (Å²) in [6, 6.07) is 0. The highest BCUT2D eigenvalue weighted by atomic mass is 16.4. The van der Waals surface area contributed by atoms with E-state index in [4.69, 9.17) is 5.11 Å². The first kappa shape index (κ1) is 13.5. The van der Waals surface area contributed by atoms with Crippen molar-refractivity contribution >= 4 is 5.97 Å². The van der Waals surface area contributed by atoms with Gasteiger partial charge in [-0.15, -0.1) is 0 Å². The van der Waals surface area contributed by atoms with Crippen LogP contribution >= 0.6 is 0 Å². The molecule has 0 heterocycles. The lowest BCUT2D eigenvalue weighted by molar-refractivity contribution is -0.140. The van der Waals surface area contributed by atoms with Gasteiger partial charge in [-0.2, -0.15) is 0 Å². The monoisotopic (exact) mass is 227 g/mol. The van der Waals surface area contributed by atoms with Crippen molar-refractivity contribution in [1.82, 2.24) is 4.90 Å². The molecule has 2 unspecified atom stereocenters. The van der Waals surface area contributed by atoms with Crippen molar-refractivity contribution in [2.45, 2.75) is 58.4 Å². The third-order valence-corrected chi connectivity index (χ3v) is 4.18. The van der Waals surface area contributed by atoms with E-state index in [-0.39, 0.29) is 5.54 Å². The fourth-order valence-corrected chi connectivity index (χ4v) is 3.30. The number of carboxylic acids is 1. The Bertz CT molecular complexity index is 238. The van der Waals surface area contributed by atoms with Crippen LogP contribution in [0, 0.1) is 5.92 Å². The van der Waals surface area contributed by atoms with Gasteiger partial charge in [0, 0.05) is 5.54 Å². The topological polar surface area (TPSA) is 40.5 Å². The molecule has 0 radical (unpaired) electrons. The zero-order valence-electron chi connectivity index (χ0n) is 10.8. The van der Waals surface area contributed by atoms with Crippen molar-refractivity contribution in [1.29, 1.82) is 0 Å². The Morgan fingerprint density at radius 3 is 2.38 bits per heavy atom. The third-order valence-electron chi connectivity index (χ3n) is 4.18. The van der Waals surface area contributed by atoms with Crippen molar-refractivity contribution in [3.05, 3.63) is 0 Å². The number of carboxylic acid groups (broad SMARTS) is 1. The number of nitrogens with zero attached hydrogens (tertiary/aromatic N) is 1. The Labute approximate surface area is 98.8 Å². The highest BCUT2D eigenvalue weighted by molar-refractivity contribution is 5.68. The van der Waals surface area contributed by atoms with E-state index in [2.05, 4.69) is 25.7 Å². The molecule has 2 atom stereocenters. The fourth-order valence-electron chi connectivity index (χ4n) is 3.30. The van der Waals surface area contributed by atoms with Crippen molar-refractivity contribution in [3.8, 4) is 0 Å². The lowest BCUT2D eigenvalue weighted by atomic mass is 9.89. The third kappa shape index (κ3) is 2.76. The summed E-state index contributed by atoms with van der Waals surface area (Å²) >= 11 is 0. The molecule has 0 bridgehead atoms. The Morgan fingerprint density at radius 1 is 1.38 bits per heavy atom. The first-order chi connectivity index (χ1) is 7.57. The van der Waals surface area contributed by atoms with Gasteiger partial charge in [-0.1, -0.05) is 27.2 Å². The van der Waals surface area contributed by atoms with Crippen LogP contribution in [0.3, 0.4) is 0 Å². The molecule has 0 aromatic carbocycles. The average molecular weight is 227 g/mol. The van der Waals surface area contributed by atoms with Gasteiger partial charge < -0.3 is 5.11 Å². The summed E-state index contributed by atoms with van der Waals surface area (Å²) < 4.78 is 0. The van der Waals surface area contributed by atoms with Crippen LogP contribution in [0.2, 0.25) is 0 Å². The standard InChI is InChI=1S/C13H25NO2/c1-4-11-7-8-13(9-11,10-12(15)16)14(5-2)6-3/h11H,4-10H2,1-3H3,(H,15,16). The fraction of sp³-hybridized carbons (Fsp3) is 0.923. The van der Waals surface area contributed by atoms with Gasteiger partial charge in [-0.25, -0.2) is 0 Å². The van der Waals surface area contributed by atoms with Gasteiger partial charge in [0.25, 0.3) is 0 Å². The van der Waals surface area contributed by atoms with Crippen LogP contribution in [0.5, 0.6) is 0 Å². The summed E-state index contributed by atoms with van der Waals surface area (Å²) in [5, 5.41) is 9.11. The van der Waals surface area contributed by atoms with Crippen LogP contribution in [0.4, 0.5) is 0 Å². The molecule has 0 saturated heterocycles. The smallest absolute Gasteiger partial charge is 0.305 e. The molecule has 94 valence electrons. The first-order valence-electron chi connectivity index (χ1n) is 6.54. The molecule has 1 N–H and O–H groups in total. The van der Waals surface area contributed by atoms with Gasteiger partial charge in [0.2, 0.25) is 0 Å². The minimum atomic E-state index is -0.649. The summed E-state index contributed by atoms with van der Waals surface area (Å²) in [6.07, 6.45) is 4.81. The van der Waals surface area contributed by atoms with Crippen molar-refractivity contribution < 1.29 is 9.90 Å². The number of carbonyl (C=O) groups is 1. The van der Waals surface area contributed by atoms with Crippen LogP contribution < -0.4 is 0 Å². The van der Waals surface area contributed by atoms with Gasteiger partial charge in [0.05, 0.1) is 6.42 Å². The maximum absolute atomic E-state index is 11.1. The molecule has 0 aromatic heterocycles. The zero-order valence-corrected chi connectivity index (χ0v) is 10.8. The Balaban J connectivity index is 2.81. The summed E-state index contributed by atoms with van der Waals surface area (Å²) in [5.74, 6) is 0.0728. The number of rotatable bonds is 6. The predicted octanol–water partition coefficient (Wildman–Crippen LogP) is 2.75. The normalized spacial score (nSPS) is 29.9. The van der Waals surface area contributed by atoms with E-state index in [1.807, 2.05) is 0 Å². The molecule has 16 heavy (non-hydrogen) atoms. The largest absolute Gasteiger partial charge is 0.481 e. The van der Waals surface area contributed by atoms with E-state index in [1.165, 1.54) is 12.8 Å². The molecule has 1 aliphatic rings. The van der Waals surface area contributed by atoms with E-state index in [0.29, 0.717) is 6.42 Å². The number of aliphatic carboxylic acids is 1.